The van der Waals surface area contributed by atoms with E-state index < -0.39 is 0 Å². The number of aromatic amines is 2. The maximum atomic E-state index is 4.43. The molecule has 5 N–H and O–H groups in total. The van der Waals surface area contributed by atoms with Crippen LogP contribution in [-0.2, 0) is 19.5 Å². The molecule has 0 fully saturated rings. The van der Waals surface area contributed by atoms with E-state index in [4.69, 9.17) is 0 Å². The number of thiophene rings is 1. The molecule has 25 heavy (non-hydrogen) atoms. The summed E-state index contributed by atoms with van der Waals surface area (Å²) in [6.07, 6.45) is 0. The van der Waals surface area contributed by atoms with Gasteiger partial charge in [0, 0.05) is 30.2 Å². The molecule has 0 aliphatic carbocycles. The summed E-state index contributed by atoms with van der Waals surface area (Å²) >= 11 is 1.67. The Labute approximate surface area is 166 Å². The molecule has 1 radical (unpaired) electrons. The normalized spacial score (nSPS) is 9.64. The molecule has 0 spiro atoms. The topological polar surface area (TPSA) is 92.4 Å². The first-order chi connectivity index (χ1) is 10.5. The molecular formula is C18H26N5RhS-. The molecule has 0 saturated carbocycles. The third-order valence-electron chi connectivity index (χ3n) is 3.86. The number of aromatic nitrogens is 4. The first kappa shape index (κ1) is 23.4. The van der Waals surface area contributed by atoms with Crippen molar-refractivity contribution >= 4 is 33.4 Å². The summed E-state index contributed by atoms with van der Waals surface area (Å²) in [5.74, 6) is 1.95. The summed E-state index contributed by atoms with van der Waals surface area (Å²) in [5.41, 5.74) is 8.07. The van der Waals surface area contributed by atoms with Gasteiger partial charge in [-0.25, -0.2) is 4.98 Å². The van der Waals surface area contributed by atoms with Gasteiger partial charge in [0.15, 0.2) is 0 Å². The number of fused-ring (bicyclic) bond motifs is 2. The van der Waals surface area contributed by atoms with Crippen molar-refractivity contribution < 1.29 is 19.5 Å². The van der Waals surface area contributed by atoms with E-state index in [0.717, 1.165) is 33.7 Å². The van der Waals surface area contributed by atoms with E-state index in [9.17, 15) is 0 Å². The SMILES string of the molecule is C.Cc1nc2c(C)c(C)c(C)[c-]c2[nH]1.Cc1nc2cscc2[nH]1.N.[Rh]. The van der Waals surface area contributed by atoms with Crippen LogP contribution in [0.1, 0.15) is 35.8 Å². The molecule has 4 aromatic rings. The van der Waals surface area contributed by atoms with E-state index in [0.29, 0.717) is 0 Å². The van der Waals surface area contributed by atoms with E-state index in [1.165, 1.54) is 16.7 Å². The number of benzene rings is 1. The Hall–Kier alpha value is -1.56. The van der Waals surface area contributed by atoms with Crippen LogP contribution < -0.4 is 6.15 Å². The standard InChI is InChI=1S/C11H13N2.C6H6N2S.CH4.H3N.Rh/c1-6-5-10-11(8(3)7(6)2)13-9(4)12-10;1-4-7-5-2-9-3-6(5)8-4;;;/h1-4H3,(H,12,13);2-3H,1H3,(H,7,8);1H4;1H3;/q-1;;;;. The molecule has 0 unspecified atom stereocenters. The monoisotopic (exact) mass is 447 g/mol. The van der Waals surface area contributed by atoms with E-state index in [2.05, 4.69) is 52.2 Å². The molecule has 0 aliphatic heterocycles. The maximum Gasteiger partial charge on any atom is 0.104 e. The molecule has 0 atom stereocenters. The fraction of sp³-hybridized carbons (Fsp3) is 0.333. The summed E-state index contributed by atoms with van der Waals surface area (Å²) in [5, 5.41) is 4.11. The summed E-state index contributed by atoms with van der Waals surface area (Å²) in [7, 11) is 0. The molecule has 0 aliphatic rings. The number of aryl methyl sites for hydroxylation is 4. The van der Waals surface area contributed by atoms with E-state index in [-0.39, 0.29) is 33.1 Å². The zero-order valence-corrected chi connectivity index (χ0v) is 17.0. The Morgan fingerprint density at radius 1 is 0.920 bits per heavy atom. The molecule has 0 saturated heterocycles. The number of nitrogens with one attached hydrogen (secondary N) is 2. The number of hydrogen-bond acceptors (Lipinski definition) is 4. The van der Waals surface area contributed by atoms with Crippen LogP contribution >= 0.6 is 11.3 Å². The number of H-pyrrole nitrogens is 2. The Bertz CT molecular complexity index is 923. The van der Waals surface area contributed by atoms with Crippen molar-refractivity contribution in [2.24, 2.45) is 0 Å². The zero-order chi connectivity index (χ0) is 15.9. The predicted molar refractivity (Wildman–Crippen MR) is 104 cm³/mol. The van der Waals surface area contributed by atoms with E-state index in [1.54, 1.807) is 11.3 Å². The molecule has 139 valence electrons. The van der Waals surface area contributed by atoms with Crippen molar-refractivity contribution in [3.8, 4) is 0 Å². The third-order valence-corrected chi connectivity index (χ3v) is 4.59. The fourth-order valence-corrected chi connectivity index (χ4v) is 3.16. The fourth-order valence-electron chi connectivity index (χ4n) is 2.47. The Kier molecular flexibility index (Phi) is 8.65. The van der Waals surface area contributed by atoms with Crippen LogP contribution in [0.15, 0.2) is 10.8 Å². The van der Waals surface area contributed by atoms with Crippen molar-refractivity contribution in [1.82, 2.24) is 26.1 Å². The molecule has 5 nitrogen and oxygen atoms in total. The van der Waals surface area contributed by atoms with Gasteiger partial charge in [-0.2, -0.15) is 17.2 Å². The number of imidazole rings is 2. The third kappa shape index (κ3) is 4.75. The quantitative estimate of drug-likeness (QED) is 0.251. The average molecular weight is 447 g/mol. The second kappa shape index (κ2) is 9.23. The molecule has 3 aromatic heterocycles. The van der Waals surface area contributed by atoms with Gasteiger partial charge in [0.25, 0.3) is 0 Å². The maximum absolute atomic E-state index is 4.43. The molecule has 3 heterocycles. The van der Waals surface area contributed by atoms with Crippen molar-refractivity contribution in [2.45, 2.75) is 42.0 Å². The van der Waals surface area contributed by atoms with Crippen molar-refractivity contribution in [3.63, 3.8) is 0 Å². The van der Waals surface area contributed by atoms with Crippen LogP contribution in [0.2, 0.25) is 0 Å². The van der Waals surface area contributed by atoms with Gasteiger partial charge in [0.05, 0.1) is 16.9 Å². The molecule has 0 amide bonds. The molecule has 1 aromatic carbocycles. The van der Waals surface area contributed by atoms with Crippen LogP contribution in [0.25, 0.3) is 22.1 Å². The Morgan fingerprint density at radius 3 is 2.20 bits per heavy atom. The molecular weight excluding hydrogens is 421 g/mol. The predicted octanol–water partition coefficient (Wildman–Crippen LogP) is 5.33. The molecule has 4 rings (SSSR count). The summed E-state index contributed by atoms with van der Waals surface area (Å²) in [4.78, 5) is 15.0. The number of nitrogens with zero attached hydrogens (tertiary/aromatic N) is 2. The second-order valence-electron chi connectivity index (χ2n) is 5.54. The first-order valence-electron chi connectivity index (χ1n) is 7.19. The van der Waals surface area contributed by atoms with Crippen LogP contribution in [0.4, 0.5) is 0 Å². The minimum Gasteiger partial charge on any atom is -0.366 e. The van der Waals surface area contributed by atoms with Gasteiger partial charge in [-0.15, -0.1) is 16.9 Å². The average Bonchev–Trinajstić information content (AvgIpc) is 3.11. The zero-order valence-electron chi connectivity index (χ0n) is 14.5. The van der Waals surface area contributed by atoms with Gasteiger partial charge in [-0.1, -0.05) is 28.2 Å². The molecule has 7 heteroatoms. The summed E-state index contributed by atoms with van der Waals surface area (Å²) in [6.45, 7) is 10.2. The van der Waals surface area contributed by atoms with Crippen LogP contribution in [0.5, 0.6) is 0 Å². The van der Waals surface area contributed by atoms with Crippen molar-refractivity contribution in [1.29, 1.82) is 0 Å². The summed E-state index contributed by atoms with van der Waals surface area (Å²) < 4.78 is 0. The van der Waals surface area contributed by atoms with E-state index in [1.807, 2.05) is 19.2 Å². The second-order valence-corrected chi connectivity index (χ2v) is 6.28. The van der Waals surface area contributed by atoms with Crippen LogP contribution in [-0.4, -0.2) is 19.9 Å². The minimum absolute atomic E-state index is 0. The van der Waals surface area contributed by atoms with E-state index >= 15 is 0 Å². The van der Waals surface area contributed by atoms with Gasteiger partial charge in [-0.3, -0.25) is 4.98 Å². The van der Waals surface area contributed by atoms with Gasteiger partial charge >= 0.3 is 0 Å². The van der Waals surface area contributed by atoms with Gasteiger partial charge in [0.1, 0.15) is 5.82 Å². The van der Waals surface area contributed by atoms with Crippen LogP contribution in [0, 0.1) is 40.7 Å². The number of rotatable bonds is 0. The van der Waals surface area contributed by atoms with Gasteiger partial charge in [-0.05, 0) is 24.9 Å². The Balaban J connectivity index is 0.000000430. The minimum atomic E-state index is 0. The van der Waals surface area contributed by atoms with Gasteiger partial charge in [0.2, 0.25) is 0 Å². The van der Waals surface area contributed by atoms with Crippen molar-refractivity contribution in [2.75, 3.05) is 0 Å². The smallest absolute Gasteiger partial charge is 0.104 e. The van der Waals surface area contributed by atoms with Gasteiger partial charge < -0.3 is 16.1 Å². The summed E-state index contributed by atoms with van der Waals surface area (Å²) in [6, 6.07) is 3.30. The van der Waals surface area contributed by atoms with Crippen LogP contribution in [0.3, 0.4) is 0 Å². The number of hydrogen-bond donors (Lipinski definition) is 3. The largest absolute Gasteiger partial charge is 0.366 e. The molecule has 0 bridgehead atoms. The van der Waals surface area contributed by atoms with Crippen molar-refractivity contribution in [3.05, 3.63) is 45.2 Å². The first-order valence-corrected chi connectivity index (χ1v) is 8.14. The Morgan fingerprint density at radius 2 is 1.56 bits per heavy atom.